The van der Waals surface area contributed by atoms with Gasteiger partial charge in [-0.15, -0.1) is 0 Å². The van der Waals surface area contributed by atoms with Gasteiger partial charge in [0, 0.05) is 6.42 Å². The van der Waals surface area contributed by atoms with E-state index in [1.54, 1.807) is 13.0 Å². The molecule has 0 spiro atoms. The molecule has 0 saturated carbocycles. The van der Waals surface area contributed by atoms with Crippen molar-refractivity contribution in [1.82, 2.24) is 5.32 Å². The van der Waals surface area contributed by atoms with Gasteiger partial charge in [0.25, 0.3) is 0 Å². The lowest BCUT2D eigenvalue weighted by Gasteiger charge is -2.23. The zero-order valence-corrected chi connectivity index (χ0v) is 11.7. The molecular weight excluding hydrogens is 253 g/mol. The van der Waals surface area contributed by atoms with Gasteiger partial charge in [0.1, 0.15) is 17.7 Å². The summed E-state index contributed by atoms with van der Waals surface area (Å²) in [6.45, 7) is 1.77. The van der Waals surface area contributed by atoms with Crippen LogP contribution in [0.1, 0.15) is 22.7 Å². The lowest BCUT2D eigenvalue weighted by Crippen LogP contribution is -2.32. The molecule has 3 rings (SSSR count). The summed E-state index contributed by atoms with van der Waals surface area (Å²) in [4.78, 5) is 0. The third kappa shape index (κ3) is 2.29. The fraction of sp³-hybridized carbons (Fsp3) is 0.294. The van der Waals surface area contributed by atoms with Crippen LogP contribution < -0.4 is 10.1 Å². The SMILES string of the molecule is CNC(c1ccc(C)c(F)c1)C1Cc2ccccc2O1. The number of ether oxygens (including phenoxy) is 1. The van der Waals surface area contributed by atoms with Crippen molar-refractivity contribution in [1.29, 1.82) is 0 Å². The quantitative estimate of drug-likeness (QED) is 0.924. The second kappa shape index (κ2) is 5.25. The van der Waals surface area contributed by atoms with E-state index in [2.05, 4.69) is 11.4 Å². The van der Waals surface area contributed by atoms with Crippen molar-refractivity contribution in [3.05, 3.63) is 65.0 Å². The minimum Gasteiger partial charge on any atom is -0.488 e. The van der Waals surface area contributed by atoms with E-state index in [0.29, 0.717) is 5.56 Å². The average molecular weight is 271 g/mol. The van der Waals surface area contributed by atoms with Gasteiger partial charge in [0.05, 0.1) is 6.04 Å². The first kappa shape index (κ1) is 13.1. The molecule has 1 aliphatic rings. The summed E-state index contributed by atoms with van der Waals surface area (Å²) in [5.41, 5.74) is 2.80. The summed E-state index contributed by atoms with van der Waals surface area (Å²) >= 11 is 0. The minimum absolute atomic E-state index is 0.000457. The van der Waals surface area contributed by atoms with Crippen molar-refractivity contribution in [3.8, 4) is 5.75 Å². The summed E-state index contributed by atoms with van der Waals surface area (Å²) in [7, 11) is 1.88. The van der Waals surface area contributed by atoms with Gasteiger partial charge < -0.3 is 10.1 Å². The molecule has 0 aliphatic carbocycles. The zero-order chi connectivity index (χ0) is 14.1. The molecule has 2 aromatic carbocycles. The molecule has 2 aromatic rings. The van der Waals surface area contributed by atoms with Gasteiger partial charge >= 0.3 is 0 Å². The predicted molar refractivity (Wildman–Crippen MR) is 77.5 cm³/mol. The molecule has 3 heteroatoms. The number of likely N-dealkylation sites (N-methyl/N-ethyl adjacent to an activating group) is 1. The minimum atomic E-state index is -0.168. The molecule has 0 radical (unpaired) electrons. The second-order valence-corrected chi connectivity index (χ2v) is 5.24. The Morgan fingerprint density at radius 2 is 2.05 bits per heavy atom. The fourth-order valence-corrected chi connectivity index (χ4v) is 2.76. The van der Waals surface area contributed by atoms with Crippen LogP contribution in [-0.4, -0.2) is 13.2 Å². The molecule has 1 aliphatic heterocycles. The van der Waals surface area contributed by atoms with Gasteiger partial charge in [-0.2, -0.15) is 0 Å². The maximum atomic E-state index is 13.8. The Bertz CT molecular complexity index is 601. The second-order valence-electron chi connectivity index (χ2n) is 5.24. The van der Waals surface area contributed by atoms with E-state index in [1.165, 1.54) is 5.56 Å². The van der Waals surface area contributed by atoms with Crippen LogP contribution >= 0.6 is 0 Å². The van der Waals surface area contributed by atoms with E-state index in [1.807, 2.05) is 37.4 Å². The van der Waals surface area contributed by atoms with E-state index in [0.717, 1.165) is 17.7 Å². The Kier molecular flexibility index (Phi) is 3.45. The maximum Gasteiger partial charge on any atom is 0.126 e. The van der Waals surface area contributed by atoms with Crippen molar-refractivity contribution in [2.45, 2.75) is 25.5 Å². The highest BCUT2D eigenvalue weighted by Crippen LogP contribution is 2.34. The van der Waals surface area contributed by atoms with E-state index >= 15 is 0 Å². The zero-order valence-electron chi connectivity index (χ0n) is 11.7. The molecule has 20 heavy (non-hydrogen) atoms. The molecule has 2 nitrogen and oxygen atoms in total. The first-order chi connectivity index (χ1) is 9.69. The monoisotopic (exact) mass is 271 g/mol. The van der Waals surface area contributed by atoms with E-state index in [9.17, 15) is 4.39 Å². The molecule has 1 heterocycles. The van der Waals surface area contributed by atoms with Crippen LogP contribution in [-0.2, 0) is 6.42 Å². The smallest absolute Gasteiger partial charge is 0.126 e. The topological polar surface area (TPSA) is 21.3 Å². The number of para-hydroxylation sites is 1. The number of fused-ring (bicyclic) bond motifs is 1. The molecule has 1 N–H and O–H groups in total. The Morgan fingerprint density at radius 1 is 1.25 bits per heavy atom. The third-order valence-electron chi connectivity index (χ3n) is 3.91. The summed E-state index contributed by atoms with van der Waals surface area (Å²) in [6, 6.07) is 13.4. The number of aryl methyl sites for hydroxylation is 1. The van der Waals surface area contributed by atoms with Crippen LogP contribution in [0.5, 0.6) is 5.75 Å². The maximum absolute atomic E-state index is 13.8. The molecule has 2 atom stereocenters. The lowest BCUT2D eigenvalue weighted by molar-refractivity contribution is 0.183. The van der Waals surface area contributed by atoms with E-state index in [4.69, 9.17) is 4.74 Å². The molecule has 0 saturated heterocycles. The molecule has 104 valence electrons. The molecule has 0 aromatic heterocycles. The fourth-order valence-electron chi connectivity index (χ4n) is 2.76. The van der Waals surface area contributed by atoms with Crippen molar-refractivity contribution in [2.75, 3.05) is 7.05 Å². The van der Waals surface area contributed by atoms with Crippen LogP contribution in [0.25, 0.3) is 0 Å². The average Bonchev–Trinajstić information content (AvgIpc) is 2.87. The summed E-state index contributed by atoms with van der Waals surface area (Å²) in [5, 5.41) is 3.25. The van der Waals surface area contributed by atoms with Crippen LogP contribution in [0.4, 0.5) is 4.39 Å². The molecule has 2 unspecified atom stereocenters. The van der Waals surface area contributed by atoms with Crippen LogP contribution in [0.2, 0.25) is 0 Å². The van der Waals surface area contributed by atoms with Gasteiger partial charge in [-0.05, 0) is 42.8 Å². The van der Waals surface area contributed by atoms with Gasteiger partial charge in [0.15, 0.2) is 0 Å². The van der Waals surface area contributed by atoms with Crippen molar-refractivity contribution < 1.29 is 9.13 Å². The summed E-state index contributed by atoms with van der Waals surface area (Å²) in [5.74, 6) is 0.767. The normalized spacial score (nSPS) is 18.4. The van der Waals surface area contributed by atoms with Crippen LogP contribution in [0.3, 0.4) is 0 Å². The third-order valence-corrected chi connectivity index (χ3v) is 3.91. The van der Waals surface area contributed by atoms with Crippen molar-refractivity contribution in [3.63, 3.8) is 0 Å². The number of hydrogen-bond acceptors (Lipinski definition) is 2. The standard InChI is InChI=1S/C17H18FNO/c1-11-7-8-13(9-14(11)18)17(19-2)16-10-12-5-3-4-6-15(12)20-16/h3-9,16-17,19H,10H2,1-2H3. The highest BCUT2D eigenvalue weighted by Gasteiger charge is 2.30. The number of benzene rings is 2. The van der Waals surface area contributed by atoms with Gasteiger partial charge in [-0.3, -0.25) is 0 Å². The Hall–Kier alpha value is -1.87. The van der Waals surface area contributed by atoms with E-state index in [-0.39, 0.29) is 18.0 Å². The van der Waals surface area contributed by atoms with Crippen molar-refractivity contribution >= 4 is 0 Å². The number of nitrogens with one attached hydrogen (secondary N) is 1. The highest BCUT2D eigenvalue weighted by atomic mass is 19.1. The molecule has 0 fully saturated rings. The van der Waals surface area contributed by atoms with E-state index < -0.39 is 0 Å². The first-order valence-electron chi connectivity index (χ1n) is 6.87. The molecular formula is C17H18FNO. The Morgan fingerprint density at radius 3 is 2.75 bits per heavy atom. The van der Waals surface area contributed by atoms with Crippen LogP contribution in [0.15, 0.2) is 42.5 Å². The largest absolute Gasteiger partial charge is 0.488 e. The van der Waals surface area contributed by atoms with Crippen LogP contribution in [0, 0.1) is 12.7 Å². The van der Waals surface area contributed by atoms with Crippen molar-refractivity contribution in [2.24, 2.45) is 0 Å². The van der Waals surface area contributed by atoms with Gasteiger partial charge in [-0.1, -0.05) is 30.3 Å². The van der Waals surface area contributed by atoms with Gasteiger partial charge in [-0.25, -0.2) is 4.39 Å². The number of rotatable bonds is 3. The molecule has 0 amide bonds. The summed E-state index contributed by atoms with van der Waals surface area (Å²) in [6.07, 6.45) is 0.844. The van der Waals surface area contributed by atoms with Gasteiger partial charge in [0.2, 0.25) is 0 Å². The highest BCUT2D eigenvalue weighted by molar-refractivity contribution is 5.39. The lowest BCUT2D eigenvalue weighted by atomic mass is 9.97. The first-order valence-corrected chi connectivity index (χ1v) is 6.87. The Labute approximate surface area is 118 Å². The molecule has 0 bridgehead atoms. The Balaban J connectivity index is 1.87. The predicted octanol–water partition coefficient (Wildman–Crippen LogP) is 3.40. The number of halogens is 1. The number of hydrogen-bond donors (Lipinski definition) is 1. The summed E-state index contributed by atoms with van der Waals surface area (Å²) < 4.78 is 19.8.